The van der Waals surface area contributed by atoms with Crippen molar-refractivity contribution in [1.29, 1.82) is 0 Å². The first-order chi connectivity index (χ1) is 10.2. The molecule has 0 fully saturated rings. The zero-order chi connectivity index (χ0) is 15.5. The number of hydrogen-bond donors (Lipinski definition) is 2. The molecule has 0 amide bonds. The van der Waals surface area contributed by atoms with Gasteiger partial charge in [-0.05, 0) is 42.9 Å². The lowest BCUT2D eigenvalue weighted by molar-refractivity contribution is 0.414. The van der Waals surface area contributed by atoms with E-state index >= 15 is 0 Å². The van der Waals surface area contributed by atoms with Crippen LogP contribution in [0.3, 0.4) is 0 Å². The second-order valence-electron chi connectivity index (χ2n) is 5.56. The van der Waals surface area contributed by atoms with Gasteiger partial charge < -0.3 is 15.4 Å². The van der Waals surface area contributed by atoms with Gasteiger partial charge in [0.25, 0.3) is 0 Å². The standard InChI is InChI=1S/C17H29N3O.HI/c1-14(2)7-6-11-19-17(18-3)20-12-10-15-8-5-9-16(13-15)21-4;/h5,8-9,13-14H,6-7,10-12H2,1-4H3,(H2,18,19,20);1H. The number of benzene rings is 1. The third-order valence-electron chi connectivity index (χ3n) is 3.31. The van der Waals surface area contributed by atoms with E-state index in [-0.39, 0.29) is 24.0 Å². The predicted octanol–water partition coefficient (Wildman–Crippen LogP) is 3.46. The Hall–Kier alpha value is -0.980. The Balaban J connectivity index is 0.00000441. The first-order valence-corrected chi connectivity index (χ1v) is 7.73. The quantitative estimate of drug-likeness (QED) is 0.294. The molecule has 0 spiro atoms. The van der Waals surface area contributed by atoms with Crippen molar-refractivity contribution in [2.45, 2.75) is 33.1 Å². The highest BCUT2D eigenvalue weighted by Gasteiger charge is 2.00. The van der Waals surface area contributed by atoms with Gasteiger partial charge in [0, 0.05) is 20.1 Å². The van der Waals surface area contributed by atoms with Crippen molar-refractivity contribution in [2.24, 2.45) is 10.9 Å². The number of methoxy groups -OCH3 is 1. The summed E-state index contributed by atoms with van der Waals surface area (Å²) >= 11 is 0. The van der Waals surface area contributed by atoms with Gasteiger partial charge in [-0.25, -0.2) is 0 Å². The molecule has 0 aromatic heterocycles. The van der Waals surface area contributed by atoms with Gasteiger partial charge in [0.05, 0.1) is 7.11 Å². The molecule has 22 heavy (non-hydrogen) atoms. The Bertz CT molecular complexity index is 436. The molecule has 1 rings (SSSR count). The highest BCUT2D eigenvalue weighted by atomic mass is 127. The van der Waals surface area contributed by atoms with Gasteiger partial charge in [-0.15, -0.1) is 24.0 Å². The SMILES string of the molecule is CN=C(NCCCC(C)C)NCCc1cccc(OC)c1.I. The summed E-state index contributed by atoms with van der Waals surface area (Å²) < 4.78 is 5.23. The van der Waals surface area contributed by atoms with Crippen LogP contribution in [0.2, 0.25) is 0 Å². The maximum atomic E-state index is 5.23. The summed E-state index contributed by atoms with van der Waals surface area (Å²) in [7, 11) is 3.50. The van der Waals surface area contributed by atoms with Crippen LogP contribution >= 0.6 is 24.0 Å². The van der Waals surface area contributed by atoms with E-state index in [9.17, 15) is 0 Å². The van der Waals surface area contributed by atoms with E-state index < -0.39 is 0 Å². The molecule has 0 radical (unpaired) electrons. The Morgan fingerprint density at radius 2 is 1.95 bits per heavy atom. The molecule has 0 bridgehead atoms. The van der Waals surface area contributed by atoms with Crippen LogP contribution in [0.5, 0.6) is 5.75 Å². The number of nitrogens with one attached hydrogen (secondary N) is 2. The summed E-state index contributed by atoms with van der Waals surface area (Å²) in [5.41, 5.74) is 1.26. The Morgan fingerprint density at radius 3 is 2.59 bits per heavy atom. The van der Waals surface area contributed by atoms with Gasteiger partial charge in [0.1, 0.15) is 5.75 Å². The van der Waals surface area contributed by atoms with Crippen LogP contribution in [-0.4, -0.2) is 33.2 Å². The second-order valence-corrected chi connectivity index (χ2v) is 5.56. The smallest absolute Gasteiger partial charge is 0.190 e. The number of guanidine groups is 1. The zero-order valence-corrected chi connectivity index (χ0v) is 16.5. The number of hydrogen-bond acceptors (Lipinski definition) is 2. The zero-order valence-electron chi connectivity index (χ0n) is 14.2. The number of aliphatic imine (C=N–C) groups is 1. The Kier molecular flexibility index (Phi) is 12.0. The lowest BCUT2D eigenvalue weighted by Gasteiger charge is -2.12. The molecule has 0 unspecified atom stereocenters. The maximum Gasteiger partial charge on any atom is 0.190 e. The van der Waals surface area contributed by atoms with E-state index in [2.05, 4.69) is 41.6 Å². The first-order valence-electron chi connectivity index (χ1n) is 7.73. The summed E-state index contributed by atoms with van der Waals surface area (Å²) in [6.07, 6.45) is 3.37. The van der Waals surface area contributed by atoms with Gasteiger partial charge in [-0.2, -0.15) is 0 Å². The van der Waals surface area contributed by atoms with Crippen molar-refractivity contribution in [3.05, 3.63) is 29.8 Å². The summed E-state index contributed by atoms with van der Waals surface area (Å²) in [6.45, 7) is 6.33. The van der Waals surface area contributed by atoms with Crippen molar-refractivity contribution >= 4 is 29.9 Å². The average Bonchev–Trinajstić information content (AvgIpc) is 2.49. The summed E-state index contributed by atoms with van der Waals surface area (Å²) in [5.74, 6) is 2.54. The van der Waals surface area contributed by atoms with Crippen molar-refractivity contribution in [2.75, 3.05) is 27.2 Å². The molecular formula is C17H30IN3O. The minimum Gasteiger partial charge on any atom is -0.497 e. The molecule has 0 aliphatic carbocycles. The fourth-order valence-electron chi connectivity index (χ4n) is 2.09. The Labute approximate surface area is 152 Å². The van der Waals surface area contributed by atoms with E-state index in [0.29, 0.717) is 0 Å². The first kappa shape index (κ1) is 21.0. The molecular weight excluding hydrogens is 389 g/mol. The minimum absolute atomic E-state index is 0. The van der Waals surface area contributed by atoms with Crippen LogP contribution in [-0.2, 0) is 6.42 Å². The number of ether oxygens (including phenoxy) is 1. The second kappa shape index (κ2) is 12.6. The molecule has 0 aliphatic rings. The third-order valence-corrected chi connectivity index (χ3v) is 3.31. The van der Waals surface area contributed by atoms with E-state index in [1.807, 2.05) is 19.2 Å². The van der Waals surface area contributed by atoms with Crippen LogP contribution in [0, 0.1) is 5.92 Å². The molecule has 0 saturated heterocycles. The monoisotopic (exact) mass is 419 g/mol. The van der Waals surface area contributed by atoms with E-state index in [1.165, 1.54) is 18.4 Å². The largest absolute Gasteiger partial charge is 0.497 e. The summed E-state index contributed by atoms with van der Waals surface area (Å²) in [4.78, 5) is 4.24. The maximum absolute atomic E-state index is 5.23. The molecule has 0 aliphatic heterocycles. The van der Waals surface area contributed by atoms with Crippen LogP contribution in [0.25, 0.3) is 0 Å². The Morgan fingerprint density at radius 1 is 1.23 bits per heavy atom. The van der Waals surface area contributed by atoms with Gasteiger partial charge >= 0.3 is 0 Å². The third kappa shape index (κ3) is 9.12. The highest BCUT2D eigenvalue weighted by Crippen LogP contribution is 2.12. The van der Waals surface area contributed by atoms with Crippen molar-refractivity contribution in [1.82, 2.24) is 10.6 Å². The molecule has 5 heteroatoms. The fraction of sp³-hybridized carbons (Fsp3) is 0.588. The van der Waals surface area contributed by atoms with E-state index in [0.717, 1.165) is 37.1 Å². The van der Waals surface area contributed by atoms with Crippen molar-refractivity contribution in [3.8, 4) is 5.75 Å². The molecule has 2 N–H and O–H groups in total. The fourth-order valence-corrected chi connectivity index (χ4v) is 2.09. The molecule has 0 heterocycles. The van der Waals surface area contributed by atoms with E-state index in [4.69, 9.17) is 4.74 Å². The van der Waals surface area contributed by atoms with Crippen LogP contribution in [0.4, 0.5) is 0 Å². The predicted molar refractivity (Wildman–Crippen MR) is 106 cm³/mol. The van der Waals surface area contributed by atoms with E-state index in [1.54, 1.807) is 7.11 Å². The summed E-state index contributed by atoms with van der Waals surface area (Å²) in [5, 5.41) is 6.69. The molecule has 0 saturated carbocycles. The lowest BCUT2D eigenvalue weighted by Crippen LogP contribution is -2.38. The molecule has 4 nitrogen and oxygen atoms in total. The molecule has 1 aromatic rings. The topological polar surface area (TPSA) is 45.7 Å². The van der Waals surface area contributed by atoms with Gasteiger partial charge in [0.2, 0.25) is 0 Å². The minimum atomic E-state index is 0. The number of halogens is 1. The normalized spacial score (nSPS) is 11.0. The molecule has 0 atom stereocenters. The van der Waals surface area contributed by atoms with Crippen molar-refractivity contribution in [3.63, 3.8) is 0 Å². The summed E-state index contributed by atoms with van der Waals surface area (Å²) in [6, 6.07) is 8.17. The van der Waals surface area contributed by atoms with Gasteiger partial charge in [-0.3, -0.25) is 4.99 Å². The van der Waals surface area contributed by atoms with Crippen LogP contribution in [0.1, 0.15) is 32.3 Å². The number of rotatable bonds is 8. The molecule has 1 aromatic carbocycles. The van der Waals surface area contributed by atoms with Crippen molar-refractivity contribution < 1.29 is 4.74 Å². The lowest BCUT2D eigenvalue weighted by atomic mass is 10.1. The van der Waals surface area contributed by atoms with Crippen LogP contribution in [0.15, 0.2) is 29.3 Å². The van der Waals surface area contributed by atoms with Gasteiger partial charge in [0.15, 0.2) is 5.96 Å². The van der Waals surface area contributed by atoms with Gasteiger partial charge in [-0.1, -0.05) is 26.0 Å². The molecule has 126 valence electrons. The average molecular weight is 419 g/mol. The number of nitrogens with zero attached hydrogens (tertiary/aromatic N) is 1. The van der Waals surface area contributed by atoms with Crippen LogP contribution < -0.4 is 15.4 Å². The highest BCUT2D eigenvalue weighted by molar-refractivity contribution is 14.0.